The van der Waals surface area contributed by atoms with Crippen LogP contribution in [0.25, 0.3) is 0 Å². The van der Waals surface area contributed by atoms with Crippen molar-refractivity contribution >= 4 is 12.7 Å². The first kappa shape index (κ1) is 17.6. The summed E-state index contributed by atoms with van der Waals surface area (Å²) < 4.78 is 0. The molecule has 0 fully saturated rings. The minimum absolute atomic E-state index is 0.403. The van der Waals surface area contributed by atoms with E-state index in [4.69, 9.17) is 0 Å². The molecule has 0 saturated heterocycles. The van der Waals surface area contributed by atoms with E-state index in [0.717, 1.165) is 0 Å². The van der Waals surface area contributed by atoms with Gasteiger partial charge in [0.05, 0.1) is 0 Å². The van der Waals surface area contributed by atoms with Crippen molar-refractivity contribution in [3.63, 3.8) is 0 Å². The Kier molecular flexibility index (Phi) is 30.4. The predicted octanol–water partition coefficient (Wildman–Crippen LogP) is 2.05. The van der Waals surface area contributed by atoms with Gasteiger partial charge in [-0.2, -0.15) is 0 Å². The summed E-state index contributed by atoms with van der Waals surface area (Å²) in [6.45, 7) is 11.3. The van der Waals surface area contributed by atoms with E-state index in [0.29, 0.717) is 18.4 Å². The van der Waals surface area contributed by atoms with Crippen molar-refractivity contribution in [2.24, 2.45) is 0 Å². The van der Waals surface area contributed by atoms with Crippen LogP contribution in [0.4, 0.5) is 0 Å². The zero-order chi connectivity index (χ0) is 11.1. The van der Waals surface area contributed by atoms with Crippen LogP contribution in [-0.2, 0) is 9.59 Å². The summed E-state index contributed by atoms with van der Waals surface area (Å²) in [5.41, 5.74) is 0.403. The van der Waals surface area contributed by atoms with Crippen LogP contribution in [0.2, 0.25) is 0 Å². The molecule has 0 aromatic heterocycles. The Morgan fingerprint density at radius 2 is 1.62 bits per heavy atom. The number of allylic oxidation sites excluding steroid dienone is 2. The minimum Gasteiger partial charge on any atom is -0.329 e. The topological polar surface area (TPSA) is 46.2 Å². The molecular weight excluding hydrogens is 166 g/mol. The summed E-state index contributed by atoms with van der Waals surface area (Å²) >= 11 is 0. The Balaban J connectivity index is -0.000000218. The molecule has 0 spiro atoms. The van der Waals surface area contributed by atoms with Gasteiger partial charge in [-0.25, -0.2) is 0 Å². The van der Waals surface area contributed by atoms with Gasteiger partial charge in [-0.1, -0.05) is 34.3 Å². The number of hydrogen-bond donors (Lipinski definition) is 1. The molecule has 3 nitrogen and oxygen atoms in total. The summed E-state index contributed by atoms with van der Waals surface area (Å²) in [6.07, 6.45) is 3.65. The van der Waals surface area contributed by atoms with Crippen molar-refractivity contribution < 1.29 is 9.59 Å². The molecule has 1 amide bonds. The van der Waals surface area contributed by atoms with Crippen LogP contribution in [0.5, 0.6) is 0 Å². The second kappa shape index (κ2) is 22.4. The Labute approximate surface area is 80.5 Å². The summed E-state index contributed by atoms with van der Waals surface area (Å²) in [5, 5.41) is 2.26. The predicted molar refractivity (Wildman–Crippen MR) is 56.2 cm³/mol. The van der Waals surface area contributed by atoms with Gasteiger partial charge in [0.15, 0.2) is 0 Å². The molecule has 0 heterocycles. The van der Waals surface area contributed by atoms with Crippen LogP contribution in [-0.4, -0.2) is 12.7 Å². The van der Waals surface area contributed by atoms with Gasteiger partial charge in [0.25, 0.3) is 0 Å². The van der Waals surface area contributed by atoms with Gasteiger partial charge in [-0.15, -0.1) is 0 Å². The van der Waals surface area contributed by atoms with Crippen LogP contribution in [0.15, 0.2) is 24.4 Å². The average Bonchev–Trinajstić information content (AvgIpc) is 2.23. The normalized spacial score (nSPS) is 7.85. The van der Waals surface area contributed by atoms with Gasteiger partial charge < -0.3 is 5.32 Å². The third-order valence-electron chi connectivity index (χ3n) is 0.693. The quantitative estimate of drug-likeness (QED) is 0.414. The van der Waals surface area contributed by atoms with E-state index >= 15 is 0 Å². The molecule has 3 heteroatoms. The molecule has 0 aromatic rings. The van der Waals surface area contributed by atoms with Crippen molar-refractivity contribution in [3.8, 4) is 0 Å². The number of carbonyl (C=O) groups is 2. The summed E-state index contributed by atoms with van der Waals surface area (Å²) in [6, 6.07) is 0. The molecule has 0 aliphatic carbocycles. The van der Waals surface area contributed by atoms with Crippen molar-refractivity contribution in [1.29, 1.82) is 0 Å². The van der Waals surface area contributed by atoms with E-state index < -0.39 is 0 Å². The lowest BCUT2D eigenvalue weighted by Crippen LogP contribution is -2.07. The van der Waals surface area contributed by atoms with Crippen LogP contribution >= 0.6 is 0 Å². The monoisotopic (exact) mass is 185 g/mol. The molecule has 76 valence electrons. The van der Waals surface area contributed by atoms with E-state index in [1.165, 1.54) is 12.2 Å². The number of hydrogen-bond acceptors (Lipinski definition) is 2. The Hall–Kier alpha value is -1.38. The van der Waals surface area contributed by atoms with Crippen LogP contribution in [0.1, 0.15) is 27.7 Å². The van der Waals surface area contributed by atoms with Gasteiger partial charge in [0.2, 0.25) is 6.41 Å². The standard InChI is InChI=1S/C6H7NO2.2C2H6/c1-2-6(3-4-8)7-5-9;2*1-2/h2-5H,1H2,(H,7,9);2*1-2H3/b6-3+;;. The molecule has 0 radical (unpaired) electrons. The van der Waals surface area contributed by atoms with Gasteiger partial charge >= 0.3 is 0 Å². The number of aldehydes is 1. The third-order valence-corrected chi connectivity index (χ3v) is 0.693. The van der Waals surface area contributed by atoms with Crippen molar-refractivity contribution in [2.45, 2.75) is 27.7 Å². The second-order valence-electron chi connectivity index (χ2n) is 1.22. The van der Waals surface area contributed by atoms with Gasteiger partial charge in [0.1, 0.15) is 6.29 Å². The fourth-order valence-electron chi connectivity index (χ4n) is 0.316. The number of rotatable bonds is 4. The highest BCUT2D eigenvalue weighted by atomic mass is 16.1. The highest BCUT2D eigenvalue weighted by Gasteiger charge is 1.82. The van der Waals surface area contributed by atoms with E-state index in [2.05, 4.69) is 11.9 Å². The lowest BCUT2D eigenvalue weighted by atomic mass is 10.4. The number of amides is 1. The Morgan fingerprint density at radius 3 is 1.85 bits per heavy atom. The molecule has 0 rings (SSSR count). The van der Waals surface area contributed by atoms with Crippen molar-refractivity contribution in [1.82, 2.24) is 5.32 Å². The van der Waals surface area contributed by atoms with Crippen LogP contribution < -0.4 is 5.32 Å². The largest absolute Gasteiger partial charge is 0.329 e. The number of nitrogens with one attached hydrogen (secondary N) is 1. The average molecular weight is 185 g/mol. The third kappa shape index (κ3) is 18.0. The maximum atomic E-state index is 9.77. The smallest absolute Gasteiger partial charge is 0.211 e. The highest BCUT2D eigenvalue weighted by molar-refractivity contribution is 5.68. The first-order valence-corrected chi connectivity index (χ1v) is 4.33. The lowest BCUT2D eigenvalue weighted by Gasteiger charge is -1.92. The molecule has 0 atom stereocenters. The second-order valence-corrected chi connectivity index (χ2v) is 1.22. The van der Waals surface area contributed by atoms with Crippen molar-refractivity contribution in [2.75, 3.05) is 0 Å². The summed E-state index contributed by atoms with van der Waals surface area (Å²) in [7, 11) is 0. The Bertz CT molecular complexity index is 151. The molecule has 0 saturated carbocycles. The fraction of sp³-hybridized carbons (Fsp3) is 0.400. The molecule has 0 bridgehead atoms. The molecule has 0 aliphatic rings. The number of carbonyl (C=O) groups excluding carboxylic acids is 2. The van der Waals surface area contributed by atoms with Gasteiger partial charge in [0, 0.05) is 11.8 Å². The van der Waals surface area contributed by atoms with E-state index in [1.807, 2.05) is 27.7 Å². The molecule has 0 unspecified atom stereocenters. The van der Waals surface area contributed by atoms with Crippen LogP contribution in [0, 0.1) is 0 Å². The zero-order valence-corrected chi connectivity index (χ0v) is 8.83. The van der Waals surface area contributed by atoms with Crippen LogP contribution in [0.3, 0.4) is 0 Å². The van der Waals surface area contributed by atoms with E-state index in [9.17, 15) is 9.59 Å². The summed E-state index contributed by atoms with van der Waals surface area (Å²) in [4.78, 5) is 19.5. The van der Waals surface area contributed by atoms with E-state index in [-0.39, 0.29) is 0 Å². The highest BCUT2D eigenvalue weighted by Crippen LogP contribution is 1.83. The van der Waals surface area contributed by atoms with E-state index in [1.54, 1.807) is 0 Å². The molecular formula is C10H19NO2. The molecule has 0 aromatic carbocycles. The zero-order valence-electron chi connectivity index (χ0n) is 8.83. The fourth-order valence-corrected chi connectivity index (χ4v) is 0.316. The maximum absolute atomic E-state index is 9.77. The molecule has 13 heavy (non-hydrogen) atoms. The SMILES string of the molecule is C=C/C(=C\C=O)NC=O.CC.CC. The van der Waals surface area contributed by atoms with Gasteiger partial charge in [-0.05, 0) is 6.08 Å². The lowest BCUT2D eigenvalue weighted by molar-refractivity contribution is -0.108. The maximum Gasteiger partial charge on any atom is 0.211 e. The first-order chi connectivity index (χ1) is 6.35. The summed E-state index contributed by atoms with van der Waals surface area (Å²) in [5.74, 6) is 0. The van der Waals surface area contributed by atoms with Crippen molar-refractivity contribution in [3.05, 3.63) is 24.4 Å². The van der Waals surface area contributed by atoms with Gasteiger partial charge in [-0.3, -0.25) is 9.59 Å². The molecule has 0 aliphatic heterocycles. The first-order valence-electron chi connectivity index (χ1n) is 4.33. The minimum atomic E-state index is 0.403. The Morgan fingerprint density at radius 1 is 1.15 bits per heavy atom. The molecule has 1 N–H and O–H groups in total.